The first-order valence-electron chi connectivity index (χ1n) is 9.76. The Labute approximate surface area is 177 Å². The first-order valence-corrected chi connectivity index (χ1v) is 9.76. The van der Waals surface area contributed by atoms with E-state index in [-0.39, 0.29) is 12.2 Å². The van der Waals surface area contributed by atoms with Crippen LogP contribution < -0.4 is 15.0 Å². The lowest BCUT2D eigenvalue weighted by Gasteiger charge is -2.33. The van der Waals surface area contributed by atoms with E-state index in [1.807, 2.05) is 4.90 Å². The molecule has 0 saturated carbocycles. The average Bonchev–Trinajstić information content (AvgIpc) is 2.73. The molecule has 6 nitrogen and oxygen atoms in total. The molecule has 0 radical (unpaired) electrons. The normalized spacial score (nSPS) is 16.7. The van der Waals surface area contributed by atoms with Crippen LogP contribution in [0.5, 0.6) is 5.75 Å². The SMILES string of the molecule is Cc1nc(NC(C)c2cccc(C(F)F)c2F)c2cc3c(cc2n1)OC[C@H](C=O)N3C. The molecule has 0 bridgehead atoms. The highest BCUT2D eigenvalue weighted by molar-refractivity contribution is 5.94. The van der Waals surface area contributed by atoms with Crippen LogP contribution in [0.1, 0.15) is 36.3 Å². The maximum atomic E-state index is 14.6. The molecule has 9 heteroatoms. The van der Waals surface area contributed by atoms with Crippen molar-refractivity contribution in [1.82, 2.24) is 9.97 Å². The second-order valence-corrected chi connectivity index (χ2v) is 7.50. The van der Waals surface area contributed by atoms with Crippen LogP contribution in [0, 0.1) is 12.7 Å². The number of carbonyl (C=O) groups excluding carboxylic acids is 1. The molecule has 0 aliphatic carbocycles. The minimum Gasteiger partial charge on any atom is -0.489 e. The van der Waals surface area contributed by atoms with E-state index in [4.69, 9.17) is 4.74 Å². The average molecular weight is 430 g/mol. The Bertz CT molecular complexity index is 1160. The first kappa shape index (κ1) is 20.9. The largest absolute Gasteiger partial charge is 0.489 e. The monoisotopic (exact) mass is 430 g/mol. The number of fused-ring (bicyclic) bond motifs is 2. The lowest BCUT2D eigenvalue weighted by Crippen LogP contribution is -2.41. The van der Waals surface area contributed by atoms with Gasteiger partial charge in [0, 0.05) is 24.1 Å². The lowest BCUT2D eigenvalue weighted by molar-refractivity contribution is -0.109. The van der Waals surface area contributed by atoms with Crippen LogP contribution in [0.3, 0.4) is 0 Å². The molecule has 0 fully saturated rings. The number of hydrogen-bond donors (Lipinski definition) is 1. The third-order valence-corrected chi connectivity index (χ3v) is 5.45. The molecule has 2 aromatic carbocycles. The highest BCUT2D eigenvalue weighted by atomic mass is 19.3. The number of carbonyl (C=O) groups is 1. The van der Waals surface area contributed by atoms with Gasteiger partial charge in [-0.15, -0.1) is 0 Å². The number of aryl methyl sites for hydroxylation is 1. The van der Waals surface area contributed by atoms with Crippen LogP contribution in [0.4, 0.5) is 24.7 Å². The van der Waals surface area contributed by atoms with E-state index in [1.54, 1.807) is 33.0 Å². The summed E-state index contributed by atoms with van der Waals surface area (Å²) in [5.74, 6) is 0.577. The quantitative estimate of drug-likeness (QED) is 0.598. The van der Waals surface area contributed by atoms with Gasteiger partial charge in [0.25, 0.3) is 6.43 Å². The van der Waals surface area contributed by atoms with Gasteiger partial charge in [-0.2, -0.15) is 0 Å². The second-order valence-electron chi connectivity index (χ2n) is 7.50. The Morgan fingerprint density at radius 1 is 1.26 bits per heavy atom. The van der Waals surface area contributed by atoms with Gasteiger partial charge >= 0.3 is 0 Å². The minimum atomic E-state index is -2.90. The van der Waals surface area contributed by atoms with Crippen molar-refractivity contribution in [2.24, 2.45) is 0 Å². The molecular formula is C22H21F3N4O2. The number of aldehydes is 1. The zero-order valence-corrected chi connectivity index (χ0v) is 17.2. The van der Waals surface area contributed by atoms with Crippen molar-refractivity contribution in [1.29, 1.82) is 0 Å². The van der Waals surface area contributed by atoms with E-state index in [1.165, 1.54) is 12.1 Å². The van der Waals surface area contributed by atoms with Gasteiger partial charge in [0.2, 0.25) is 0 Å². The predicted molar refractivity (Wildman–Crippen MR) is 111 cm³/mol. The van der Waals surface area contributed by atoms with Crippen molar-refractivity contribution < 1.29 is 22.7 Å². The third-order valence-electron chi connectivity index (χ3n) is 5.45. The standard InChI is InChI=1S/C22H21F3N4O2/c1-11(14-5-4-6-15(20(14)23)21(24)25)26-22-16-7-18-19(8-17(16)27-12(2)28-22)31-10-13(9-30)29(18)3/h4-9,11,13,21H,10H2,1-3H3,(H,26,27,28)/t11?,13-/m0/s1. The summed E-state index contributed by atoms with van der Waals surface area (Å²) >= 11 is 0. The summed E-state index contributed by atoms with van der Waals surface area (Å²) in [5, 5.41) is 3.77. The Balaban J connectivity index is 1.77. The Kier molecular flexibility index (Phi) is 5.43. The summed E-state index contributed by atoms with van der Waals surface area (Å²) < 4.78 is 46.5. The summed E-state index contributed by atoms with van der Waals surface area (Å²) in [6, 6.07) is 6.47. The molecule has 0 saturated heterocycles. The molecule has 162 valence electrons. The summed E-state index contributed by atoms with van der Waals surface area (Å²) in [6.45, 7) is 3.64. The number of rotatable bonds is 5. The molecule has 1 aromatic heterocycles. The van der Waals surface area contributed by atoms with E-state index in [0.29, 0.717) is 34.0 Å². The number of benzene rings is 2. The molecule has 2 heterocycles. The fourth-order valence-electron chi connectivity index (χ4n) is 3.71. The van der Waals surface area contributed by atoms with Gasteiger partial charge in [-0.25, -0.2) is 23.1 Å². The van der Waals surface area contributed by atoms with Crippen LogP contribution in [0.2, 0.25) is 0 Å². The van der Waals surface area contributed by atoms with Crippen molar-refractivity contribution in [2.45, 2.75) is 32.4 Å². The predicted octanol–water partition coefficient (Wildman–Crippen LogP) is 4.58. The summed E-state index contributed by atoms with van der Waals surface area (Å²) in [4.78, 5) is 22.0. The molecule has 4 rings (SSSR count). The number of hydrogen-bond acceptors (Lipinski definition) is 6. The molecule has 1 N–H and O–H groups in total. The van der Waals surface area contributed by atoms with Crippen molar-refractivity contribution in [3.63, 3.8) is 0 Å². The van der Waals surface area contributed by atoms with Gasteiger partial charge in [-0.1, -0.05) is 18.2 Å². The molecule has 1 aliphatic heterocycles. The summed E-state index contributed by atoms with van der Waals surface area (Å²) in [6.07, 6.45) is -2.08. The van der Waals surface area contributed by atoms with Gasteiger partial charge < -0.3 is 19.7 Å². The van der Waals surface area contributed by atoms with E-state index >= 15 is 0 Å². The maximum absolute atomic E-state index is 14.6. The van der Waals surface area contributed by atoms with Gasteiger partial charge in [0.15, 0.2) is 0 Å². The molecular weight excluding hydrogens is 409 g/mol. The van der Waals surface area contributed by atoms with Gasteiger partial charge in [-0.3, -0.25) is 0 Å². The topological polar surface area (TPSA) is 67.4 Å². The van der Waals surface area contributed by atoms with Gasteiger partial charge in [0.05, 0.1) is 22.8 Å². The van der Waals surface area contributed by atoms with Gasteiger partial charge in [-0.05, 0) is 19.9 Å². The molecule has 0 spiro atoms. The highest BCUT2D eigenvalue weighted by Gasteiger charge is 2.26. The van der Waals surface area contributed by atoms with E-state index < -0.39 is 29.9 Å². The molecule has 31 heavy (non-hydrogen) atoms. The van der Waals surface area contributed by atoms with Crippen molar-refractivity contribution >= 4 is 28.7 Å². The number of alkyl halides is 2. The Morgan fingerprint density at radius 3 is 2.71 bits per heavy atom. The smallest absolute Gasteiger partial charge is 0.266 e. The fraction of sp³-hybridized carbons (Fsp3) is 0.318. The highest BCUT2D eigenvalue weighted by Crippen LogP contribution is 2.38. The van der Waals surface area contributed by atoms with Crippen molar-refractivity contribution in [3.05, 3.63) is 53.1 Å². The van der Waals surface area contributed by atoms with Crippen LogP contribution in [-0.4, -0.2) is 36.0 Å². The number of nitrogens with zero attached hydrogens (tertiary/aromatic N) is 3. The molecule has 1 aliphatic rings. The molecule has 0 amide bonds. The zero-order valence-electron chi connectivity index (χ0n) is 17.2. The van der Waals surface area contributed by atoms with E-state index in [9.17, 15) is 18.0 Å². The minimum absolute atomic E-state index is 0.113. The number of ether oxygens (including phenoxy) is 1. The van der Waals surface area contributed by atoms with Crippen molar-refractivity contribution in [3.8, 4) is 5.75 Å². The van der Waals surface area contributed by atoms with Crippen LogP contribution in [0.25, 0.3) is 10.9 Å². The van der Waals surface area contributed by atoms with E-state index in [2.05, 4.69) is 15.3 Å². The molecule has 1 unspecified atom stereocenters. The van der Waals surface area contributed by atoms with Crippen molar-refractivity contribution in [2.75, 3.05) is 23.9 Å². The number of aromatic nitrogens is 2. The molecule has 3 aromatic rings. The number of likely N-dealkylation sites (N-methyl/N-ethyl adjacent to an activating group) is 1. The summed E-state index contributed by atoms with van der Waals surface area (Å²) in [5.41, 5.74) is 0.787. The Morgan fingerprint density at radius 2 is 2.00 bits per heavy atom. The Hall–Kier alpha value is -3.36. The first-order chi connectivity index (χ1) is 14.8. The van der Waals surface area contributed by atoms with E-state index in [0.717, 1.165) is 12.4 Å². The van der Waals surface area contributed by atoms with Crippen LogP contribution in [0.15, 0.2) is 30.3 Å². The lowest BCUT2D eigenvalue weighted by atomic mass is 10.0. The number of halogens is 3. The van der Waals surface area contributed by atoms with Crippen LogP contribution in [-0.2, 0) is 4.79 Å². The molecule has 2 atom stereocenters. The number of anilines is 2. The third kappa shape index (κ3) is 3.75. The number of nitrogens with one attached hydrogen (secondary N) is 1. The van der Waals surface area contributed by atoms with Gasteiger partial charge in [0.1, 0.15) is 42.1 Å². The maximum Gasteiger partial charge on any atom is 0.266 e. The fourth-order valence-corrected chi connectivity index (χ4v) is 3.71. The second kappa shape index (κ2) is 8.05. The zero-order chi connectivity index (χ0) is 22.3. The van der Waals surface area contributed by atoms with Crippen LogP contribution >= 0.6 is 0 Å². The summed E-state index contributed by atoms with van der Waals surface area (Å²) in [7, 11) is 1.79.